The molecule has 0 atom stereocenters. The zero-order valence-electron chi connectivity index (χ0n) is 15.7. The molecule has 0 unspecified atom stereocenters. The lowest BCUT2D eigenvalue weighted by Gasteiger charge is -2.10. The smallest absolute Gasteiger partial charge is 0.264 e. The van der Waals surface area contributed by atoms with E-state index >= 15 is 0 Å². The number of H-pyrrole nitrogens is 1. The summed E-state index contributed by atoms with van der Waals surface area (Å²) in [7, 11) is -3.87. The van der Waals surface area contributed by atoms with E-state index in [4.69, 9.17) is 9.26 Å². The van der Waals surface area contributed by atoms with Gasteiger partial charge in [-0.2, -0.15) is 4.98 Å². The van der Waals surface area contributed by atoms with E-state index in [9.17, 15) is 8.42 Å². The van der Waals surface area contributed by atoms with Crippen LogP contribution in [0.25, 0.3) is 11.5 Å². The van der Waals surface area contributed by atoms with Gasteiger partial charge >= 0.3 is 0 Å². The van der Waals surface area contributed by atoms with Crippen molar-refractivity contribution < 1.29 is 17.7 Å². The predicted molar refractivity (Wildman–Crippen MR) is 101 cm³/mol. The predicted octanol–water partition coefficient (Wildman–Crippen LogP) is 3.44. The fraction of sp³-hybridized carbons (Fsp3) is 0.333. The van der Waals surface area contributed by atoms with Crippen LogP contribution in [0.1, 0.15) is 31.1 Å². The van der Waals surface area contributed by atoms with Gasteiger partial charge in [0.05, 0.1) is 12.2 Å². The first-order valence-electron chi connectivity index (χ1n) is 8.63. The summed E-state index contributed by atoms with van der Waals surface area (Å²) in [6, 6.07) is 6.73. The van der Waals surface area contributed by atoms with Crippen LogP contribution >= 0.6 is 0 Å². The molecule has 27 heavy (non-hydrogen) atoms. The highest BCUT2D eigenvalue weighted by Gasteiger charge is 2.29. The Balaban J connectivity index is 1.99. The van der Waals surface area contributed by atoms with E-state index < -0.39 is 10.0 Å². The minimum Gasteiger partial charge on any atom is -0.494 e. The average Bonchev–Trinajstić information content (AvgIpc) is 3.20. The fourth-order valence-corrected chi connectivity index (χ4v) is 4.35. The number of aromatic amines is 1. The maximum Gasteiger partial charge on any atom is 0.264 e. The number of aromatic nitrogens is 3. The van der Waals surface area contributed by atoms with Gasteiger partial charge in [-0.15, -0.1) is 0 Å². The lowest BCUT2D eigenvalue weighted by Crippen LogP contribution is -2.14. The van der Waals surface area contributed by atoms with E-state index in [1.54, 1.807) is 38.1 Å². The number of nitrogens with one attached hydrogen (secondary N) is 2. The van der Waals surface area contributed by atoms with Gasteiger partial charge in [0.1, 0.15) is 10.6 Å². The van der Waals surface area contributed by atoms with Crippen LogP contribution in [0.2, 0.25) is 0 Å². The van der Waals surface area contributed by atoms with Gasteiger partial charge in [0.2, 0.25) is 0 Å². The summed E-state index contributed by atoms with van der Waals surface area (Å²) in [5.74, 6) is 1.37. The summed E-state index contributed by atoms with van der Waals surface area (Å²) < 4.78 is 39.4. The van der Waals surface area contributed by atoms with Crippen LogP contribution in [0.5, 0.6) is 5.75 Å². The molecule has 0 amide bonds. The van der Waals surface area contributed by atoms with Crippen LogP contribution in [0.3, 0.4) is 0 Å². The molecule has 0 aliphatic heterocycles. The molecule has 3 rings (SSSR count). The van der Waals surface area contributed by atoms with Crippen molar-refractivity contribution >= 4 is 15.7 Å². The van der Waals surface area contributed by atoms with Gasteiger partial charge in [-0.25, -0.2) is 8.42 Å². The SMILES string of the molecule is CCOc1ccc(NS(=O)(=O)c2c(C)[nH]c(C)c2-c2nc(CC)no2)cc1. The van der Waals surface area contributed by atoms with Crippen LogP contribution in [-0.2, 0) is 16.4 Å². The van der Waals surface area contributed by atoms with Crippen molar-refractivity contribution in [1.82, 2.24) is 15.1 Å². The normalized spacial score (nSPS) is 11.6. The van der Waals surface area contributed by atoms with Crippen molar-refractivity contribution in [3.8, 4) is 17.2 Å². The number of aryl methyl sites for hydroxylation is 3. The Morgan fingerprint density at radius 1 is 1.15 bits per heavy atom. The van der Waals surface area contributed by atoms with Gasteiger partial charge in [0, 0.05) is 23.5 Å². The van der Waals surface area contributed by atoms with Crippen molar-refractivity contribution in [2.24, 2.45) is 0 Å². The molecule has 2 aromatic heterocycles. The summed E-state index contributed by atoms with van der Waals surface area (Å²) in [6.45, 7) is 7.79. The Labute approximate surface area is 158 Å². The number of hydrogen-bond donors (Lipinski definition) is 2. The second-order valence-electron chi connectivity index (χ2n) is 6.01. The summed E-state index contributed by atoms with van der Waals surface area (Å²) in [5.41, 5.74) is 1.96. The number of rotatable bonds is 7. The first-order chi connectivity index (χ1) is 12.9. The van der Waals surface area contributed by atoms with E-state index in [2.05, 4.69) is 19.8 Å². The monoisotopic (exact) mass is 390 g/mol. The standard InChI is InChI=1S/C18H22N4O4S/c1-5-15-20-18(26-21-15)16-11(3)19-12(4)17(16)27(23,24)22-13-7-9-14(10-8-13)25-6-2/h7-10,19,22H,5-6H2,1-4H3. The molecule has 9 heteroatoms. The second-order valence-corrected chi connectivity index (χ2v) is 7.63. The third kappa shape index (κ3) is 3.82. The maximum atomic E-state index is 13.1. The molecule has 0 fully saturated rings. The molecule has 0 spiro atoms. The van der Waals surface area contributed by atoms with Gasteiger partial charge in [-0.05, 0) is 45.0 Å². The number of anilines is 1. The quantitative estimate of drug-likeness (QED) is 0.639. The molecule has 0 saturated heterocycles. The second kappa shape index (κ2) is 7.43. The van der Waals surface area contributed by atoms with Gasteiger partial charge in [-0.1, -0.05) is 12.1 Å². The Morgan fingerprint density at radius 3 is 2.44 bits per heavy atom. The largest absolute Gasteiger partial charge is 0.494 e. The average molecular weight is 390 g/mol. The molecule has 8 nitrogen and oxygen atoms in total. The van der Waals surface area contributed by atoms with Crippen LogP contribution in [-0.4, -0.2) is 30.1 Å². The lowest BCUT2D eigenvalue weighted by atomic mass is 10.2. The molecular formula is C18H22N4O4S. The van der Waals surface area contributed by atoms with Crippen LogP contribution in [0.4, 0.5) is 5.69 Å². The number of nitrogens with zero attached hydrogens (tertiary/aromatic N) is 2. The van der Waals surface area contributed by atoms with Crippen LogP contribution in [0, 0.1) is 13.8 Å². The molecule has 3 aromatic rings. The summed E-state index contributed by atoms with van der Waals surface area (Å²) >= 11 is 0. The van der Waals surface area contributed by atoms with Crippen LogP contribution in [0.15, 0.2) is 33.7 Å². The maximum absolute atomic E-state index is 13.1. The lowest BCUT2D eigenvalue weighted by molar-refractivity contribution is 0.340. The molecule has 0 aliphatic carbocycles. The van der Waals surface area contributed by atoms with E-state index in [1.807, 2.05) is 13.8 Å². The van der Waals surface area contributed by atoms with Gasteiger partial charge in [0.25, 0.3) is 15.9 Å². The van der Waals surface area contributed by atoms with E-state index in [0.29, 0.717) is 47.2 Å². The van der Waals surface area contributed by atoms with Crippen molar-refractivity contribution in [2.45, 2.75) is 39.0 Å². The molecule has 144 valence electrons. The van der Waals surface area contributed by atoms with Crippen LogP contribution < -0.4 is 9.46 Å². The molecule has 2 N–H and O–H groups in total. The number of benzene rings is 1. The molecule has 0 bridgehead atoms. The van der Waals surface area contributed by atoms with E-state index in [1.165, 1.54) is 0 Å². The minimum atomic E-state index is -3.87. The highest BCUT2D eigenvalue weighted by Crippen LogP contribution is 2.33. The summed E-state index contributed by atoms with van der Waals surface area (Å²) in [5, 5.41) is 3.87. The third-order valence-corrected chi connectivity index (χ3v) is 5.55. The zero-order chi connectivity index (χ0) is 19.6. The van der Waals surface area contributed by atoms with Crippen molar-refractivity contribution in [3.63, 3.8) is 0 Å². The van der Waals surface area contributed by atoms with Gasteiger partial charge in [-0.3, -0.25) is 4.72 Å². The zero-order valence-corrected chi connectivity index (χ0v) is 16.5. The minimum absolute atomic E-state index is 0.0974. The fourth-order valence-electron chi connectivity index (χ4n) is 2.84. The van der Waals surface area contributed by atoms with E-state index in [0.717, 1.165) is 0 Å². The number of hydrogen-bond acceptors (Lipinski definition) is 6. The number of sulfonamides is 1. The first kappa shape index (κ1) is 19.0. The Morgan fingerprint density at radius 2 is 1.85 bits per heavy atom. The van der Waals surface area contributed by atoms with E-state index in [-0.39, 0.29) is 10.8 Å². The highest BCUT2D eigenvalue weighted by molar-refractivity contribution is 7.93. The summed E-state index contributed by atoms with van der Waals surface area (Å²) in [6.07, 6.45) is 0.596. The molecular weight excluding hydrogens is 368 g/mol. The first-order valence-corrected chi connectivity index (χ1v) is 10.1. The Hall–Kier alpha value is -2.81. The van der Waals surface area contributed by atoms with Gasteiger partial charge < -0.3 is 14.2 Å². The topological polar surface area (TPSA) is 110 Å². The van der Waals surface area contributed by atoms with Gasteiger partial charge in [0.15, 0.2) is 5.82 Å². The van der Waals surface area contributed by atoms with Crippen molar-refractivity contribution in [2.75, 3.05) is 11.3 Å². The molecule has 0 saturated carbocycles. The molecule has 0 aliphatic rings. The molecule has 0 radical (unpaired) electrons. The number of ether oxygens (including phenoxy) is 1. The highest BCUT2D eigenvalue weighted by atomic mass is 32.2. The summed E-state index contributed by atoms with van der Waals surface area (Å²) in [4.78, 5) is 7.43. The van der Waals surface area contributed by atoms with Crippen molar-refractivity contribution in [3.05, 3.63) is 41.5 Å². The molecule has 2 heterocycles. The Kier molecular flexibility index (Phi) is 5.22. The Bertz CT molecular complexity index is 1040. The third-order valence-electron chi connectivity index (χ3n) is 4.00. The van der Waals surface area contributed by atoms with Crippen molar-refractivity contribution in [1.29, 1.82) is 0 Å². The molecule has 1 aromatic carbocycles.